The average molecular weight is 128 g/mol. The number of nitrogens with one attached hydrogen (secondary N) is 1. The van der Waals surface area contributed by atoms with E-state index in [2.05, 4.69) is 14.9 Å². The number of carbonyl (C=O) groups excluding carboxylic acids is 1. The van der Waals surface area contributed by atoms with Gasteiger partial charge in [0.1, 0.15) is 0 Å². The van der Waals surface area contributed by atoms with Crippen molar-refractivity contribution < 1.29 is 4.79 Å². The van der Waals surface area contributed by atoms with E-state index in [0.29, 0.717) is 5.82 Å². The van der Waals surface area contributed by atoms with Crippen LogP contribution in [0.25, 0.3) is 0 Å². The zero-order valence-corrected chi connectivity index (χ0v) is 4.60. The Balaban J connectivity index is 2.62. The first kappa shape index (κ1) is 5.17. The third kappa shape index (κ3) is 1.00. The molecule has 0 aliphatic rings. The summed E-state index contributed by atoms with van der Waals surface area (Å²) in [6.45, 7) is 0. The predicted octanol–water partition coefficient (Wildman–Crippen LogP) is 0.0172. The zero-order valence-electron chi connectivity index (χ0n) is 3.79. The second-order valence-electron chi connectivity index (χ2n) is 1.02. The van der Waals surface area contributed by atoms with Crippen molar-refractivity contribution >= 4 is 23.8 Å². The molecule has 1 radical (unpaired) electrons. The number of nitrogens with zero attached hydrogens (tertiary/aromatic N) is 2. The normalized spacial score (nSPS) is 8.50. The second-order valence-corrected chi connectivity index (χ2v) is 1.63. The van der Waals surface area contributed by atoms with E-state index in [0.717, 1.165) is 0 Å². The molecule has 1 heterocycles. The van der Waals surface area contributed by atoms with Gasteiger partial charge in [0.05, 0.1) is 5.38 Å². The van der Waals surface area contributed by atoms with Gasteiger partial charge in [-0.25, -0.2) is 0 Å². The third-order valence-electron chi connectivity index (χ3n) is 0.539. The summed E-state index contributed by atoms with van der Waals surface area (Å²) in [5, 5.41) is 7.34. The fraction of sp³-hybridized carbons (Fsp3) is 0. The molecular formula is C3H2N3OS. The van der Waals surface area contributed by atoms with Crippen LogP contribution in [0.4, 0.5) is 5.82 Å². The lowest BCUT2D eigenvalue weighted by Crippen LogP contribution is -1.92. The van der Waals surface area contributed by atoms with Crippen LogP contribution < -0.4 is 5.32 Å². The molecule has 1 rings (SSSR count). The summed E-state index contributed by atoms with van der Waals surface area (Å²) in [5.41, 5.74) is 0. The van der Waals surface area contributed by atoms with Crippen molar-refractivity contribution in [2.24, 2.45) is 0 Å². The molecule has 0 aromatic carbocycles. The Hall–Kier alpha value is -0.970. The van der Waals surface area contributed by atoms with E-state index in [1.54, 1.807) is 5.38 Å². The lowest BCUT2D eigenvalue weighted by atomic mass is 10.8. The maximum atomic E-state index is 9.57. The van der Waals surface area contributed by atoms with Gasteiger partial charge in [-0.05, 0) is 11.5 Å². The first-order chi connectivity index (χ1) is 3.93. The van der Waals surface area contributed by atoms with Crippen molar-refractivity contribution in [2.45, 2.75) is 0 Å². The Bertz CT molecular complexity index is 161. The van der Waals surface area contributed by atoms with Crippen LogP contribution in [0.2, 0.25) is 0 Å². The zero-order chi connectivity index (χ0) is 5.82. The van der Waals surface area contributed by atoms with E-state index in [1.165, 1.54) is 17.9 Å². The SMILES string of the molecule is O=[C]Nc1csnn1. The first-order valence-electron chi connectivity index (χ1n) is 1.83. The summed E-state index contributed by atoms with van der Waals surface area (Å²) >= 11 is 1.18. The number of hydrogen-bond donors (Lipinski definition) is 1. The minimum absolute atomic E-state index is 0.449. The molecule has 0 bridgehead atoms. The van der Waals surface area contributed by atoms with Gasteiger partial charge >= 0.3 is 6.41 Å². The van der Waals surface area contributed by atoms with Gasteiger partial charge in [-0.2, -0.15) is 0 Å². The highest BCUT2D eigenvalue weighted by molar-refractivity contribution is 7.03. The summed E-state index contributed by atoms with van der Waals surface area (Å²) in [5.74, 6) is 0.449. The highest BCUT2D eigenvalue weighted by atomic mass is 32.1. The third-order valence-corrected chi connectivity index (χ3v) is 1.04. The summed E-state index contributed by atoms with van der Waals surface area (Å²) < 4.78 is 3.49. The minimum atomic E-state index is 0.449. The Kier molecular flexibility index (Phi) is 1.53. The van der Waals surface area contributed by atoms with Crippen molar-refractivity contribution in [3.63, 3.8) is 0 Å². The second kappa shape index (κ2) is 2.37. The number of hydrogen-bond acceptors (Lipinski definition) is 4. The number of amides is 1. The number of anilines is 1. The molecule has 1 aromatic rings. The molecule has 1 N–H and O–H groups in total. The Morgan fingerprint density at radius 1 is 1.88 bits per heavy atom. The molecule has 0 fully saturated rings. The Morgan fingerprint density at radius 3 is 3.25 bits per heavy atom. The van der Waals surface area contributed by atoms with E-state index >= 15 is 0 Å². The summed E-state index contributed by atoms with van der Waals surface area (Å²) in [4.78, 5) is 9.57. The lowest BCUT2D eigenvalue weighted by Gasteiger charge is -1.79. The van der Waals surface area contributed by atoms with Crippen molar-refractivity contribution in [3.05, 3.63) is 5.38 Å². The maximum absolute atomic E-state index is 9.57. The molecule has 0 aliphatic heterocycles. The van der Waals surface area contributed by atoms with Crippen LogP contribution in [0.3, 0.4) is 0 Å². The van der Waals surface area contributed by atoms with Crippen LogP contribution >= 0.6 is 11.5 Å². The van der Waals surface area contributed by atoms with Crippen molar-refractivity contribution in [2.75, 3.05) is 5.32 Å². The molecule has 0 atom stereocenters. The highest BCUT2D eigenvalue weighted by Gasteiger charge is 1.89. The first-order valence-corrected chi connectivity index (χ1v) is 2.67. The fourth-order valence-electron chi connectivity index (χ4n) is 0.271. The minimum Gasteiger partial charge on any atom is -0.300 e. The van der Waals surface area contributed by atoms with Crippen LogP contribution in [0.5, 0.6) is 0 Å². The van der Waals surface area contributed by atoms with E-state index in [9.17, 15) is 4.79 Å². The van der Waals surface area contributed by atoms with Crippen molar-refractivity contribution in [3.8, 4) is 0 Å². The van der Waals surface area contributed by atoms with Crippen LogP contribution in [0, 0.1) is 0 Å². The Labute approximate surface area is 49.7 Å². The number of rotatable bonds is 2. The molecule has 4 nitrogen and oxygen atoms in total. The molecule has 1 aromatic heterocycles. The topological polar surface area (TPSA) is 54.9 Å². The van der Waals surface area contributed by atoms with Gasteiger partial charge in [0.15, 0.2) is 5.82 Å². The van der Waals surface area contributed by atoms with E-state index in [4.69, 9.17) is 0 Å². The fourth-order valence-corrected chi connectivity index (χ4v) is 0.660. The highest BCUT2D eigenvalue weighted by Crippen LogP contribution is 1.99. The van der Waals surface area contributed by atoms with Gasteiger partial charge in [-0.1, -0.05) is 4.49 Å². The van der Waals surface area contributed by atoms with Crippen LogP contribution in [-0.2, 0) is 4.79 Å². The molecule has 0 saturated carbocycles. The standard InChI is InChI=1S/C3H2N3OS/c7-2-4-3-1-8-6-5-3/h1H,(H,4,7). The monoisotopic (exact) mass is 128 g/mol. The average Bonchev–Trinajstić information content (AvgIpc) is 2.19. The molecule has 0 spiro atoms. The predicted molar refractivity (Wildman–Crippen MR) is 29.2 cm³/mol. The van der Waals surface area contributed by atoms with Crippen molar-refractivity contribution in [1.82, 2.24) is 9.59 Å². The van der Waals surface area contributed by atoms with Gasteiger partial charge in [0.2, 0.25) is 0 Å². The molecule has 5 heteroatoms. The summed E-state index contributed by atoms with van der Waals surface area (Å²) in [6.07, 6.45) is 1.47. The van der Waals surface area contributed by atoms with E-state index in [1.807, 2.05) is 0 Å². The molecule has 0 aliphatic carbocycles. The van der Waals surface area contributed by atoms with Gasteiger partial charge in [0, 0.05) is 0 Å². The maximum Gasteiger partial charge on any atom is 0.315 e. The van der Waals surface area contributed by atoms with Gasteiger partial charge in [-0.3, -0.25) is 4.79 Å². The molecule has 0 saturated heterocycles. The quantitative estimate of drug-likeness (QED) is 0.571. The van der Waals surface area contributed by atoms with Crippen LogP contribution in [0.15, 0.2) is 5.38 Å². The van der Waals surface area contributed by atoms with Crippen LogP contribution in [-0.4, -0.2) is 16.0 Å². The lowest BCUT2D eigenvalue weighted by molar-refractivity contribution is 0.561. The molecule has 1 amide bonds. The summed E-state index contributed by atoms with van der Waals surface area (Å²) in [6, 6.07) is 0. The molecule has 0 unspecified atom stereocenters. The molecular weight excluding hydrogens is 126 g/mol. The Morgan fingerprint density at radius 2 is 2.75 bits per heavy atom. The van der Waals surface area contributed by atoms with E-state index in [-0.39, 0.29) is 0 Å². The largest absolute Gasteiger partial charge is 0.315 e. The van der Waals surface area contributed by atoms with Gasteiger partial charge < -0.3 is 5.32 Å². The number of aromatic nitrogens is 2. The molecule has 41 valence electrons. The van der Waals surface area contributed by atoms with Gasteiger partial charge in [0.25, 0.3) is 0 Å². The van der Waals surface area contributed by atoms with Crippen LogP contribution in [0.1, 0.15) is 0 Å². The summed E-state index contributed by atoms with van der Waals surface area (Å²) in [7, 11) is 0. The van der Waals surface area contributed by atoms with Gasteiger partial charge in [-0.15, -0.1) is 5.10 Å². The van der Waals surface area contributed by atoms with E-state index < -0.39 is 0 Å². The molecule has 8 heavy (non-hydrogen) atoms. The van der Waals surface area contributed by atoms with Crippen molar-refractivity contribution in [1.29, 1.82) is 0 Å². The smallest absolute Gasteiger partial charge is 0.300 e.